The maximum atomic E-state index is 5.23. The summed E-state index contributed by atoms with van der Waals surface area (Å²) in [6.45, 7) is 1.19. The molecule has 1 aromatic carbocycles. The number of ether oxygens (including phenoxy) is 2. The largest absolute Gasteiger partial charge is 0.454 e. The van der Waals surface area contributed by atoms with Crippen LogP contribution in [0.2, 0.25) is 0 Å². The van der Waals surface area contributed by atoms with Crippen LogP contribution in [0.25, 0.3) is 0 Å². The van der Waals surface area contributed by atoms with Gasteiger partial charge in [-0.05, 0) is 17.7 Å². The molecule has 0 unspecified atom stereocenters. The molecule has 0 aliphatic carbocycles. The zero-order valence-corrected chi connectivity index (χ0v) is 8.50. The van der Waals surface area contributed by atoms with Crippen molar-refractivity contribution in [2.24, 2.45) is 0 Å². The molecule has 0 atom stereocenters. The molecule has 0 aromatic heterocycles. The van der Waals surface area contributed by atoms with Crippen molar-refractivity contribution in [2.75, 3.05) is 6.79 Å². The van der Waals surface area contributed by atoms with Gasteiger partial charge in [-0.3, -0.25) is 3.53 Å². The third kappa shape index (κ3) is 1.49. The highest BCUT2D eigenvalue weighted by molar-refractivity contribution is 14.1. The molecule has 3 nitrogen and oxygen atoms in total. The summed E-state index contributed by atoms with van der Waals surface area (Å²) in [7, 11) is 0. The summed E-state index contributed by atoms with van der Waals surface area (Å²) >= 11 is 2.12. The molecule has 4 heteroatoms. The van der Waals surface area contributed by atoms with E-state index in [0.717, 1.165) is 18.0 Å². The lowest BCUT2D eigenvalue weighted by Crippen LogP contribution is -1.96. The second-order valence-electron chi connectivity index (χ2n) is 2.50. The molecule has 0 radical (unpaired) electrons. The number of benzene rings is 1. The molecular weight excluding hydrogens is 269 g/mol. The molecule has 1 aliphatic heterocycles. The van der Waals surface area contributed by atoms with Crippen LogP contribution in [0.1, 0.15) is 5.56 Å². The van der Waals surface area contributed by atoms with Gasteiger partial charge < -0.3 is 9.47 Å². The normalized spacial score (nSPS) is 13.4. The van der Waals surface area contributed by atoms with Crippen molar-refractivity contribution >= 4 is 22.9 Å². The first-order valence-corrected chi connectivity index (χ1v) is 4.70. The highest BCUT2D eigenvalue weighted by Crippen LogP contribution is 2.32. The average molecular weight is 277 g/mol. The molecule has 0 spiro atoms. The Morgan fingerprint density at radius 3 is 3.00 bits per heavy atom. The number of hydrogen-bond donors (Lipinski definition) is 1. The van der Waals surface area contributed by atoms with Crippen molar-refractivity contribution < 1.29 is 9.47 Å². The van der Waals surface area contributed by atoms with Crippen LogP contribution in [0.5, 0.6) is 11.5 Å². The maximum absolute atomic E-state index is 5.23. The molecule has 64 valence electrons. The van der Waals surface area contributed by atoms with Crippen LogP contribution in [-0.4, -0.2) is 6.79 Å². The Bertz CT molecular complexity index is 290. The van der Waals surface area contributed by atoms with Crippen molar-refractivity contribution in [2.45, 2.75) is 6.54 Å². The van der Waals surface area contributed by atoms with Gasteiger partial charge >= 0.3 is 0 Å². The van der Waals surface area contributed by atoms with E-state index in [2.05, 4.69) is 26.4 Å². The van der Waals surface area contributed by atoms with E-state index < -0.39 is 0 Å². The molecule has 0 fully saturated rings. The zero-order chi connectivity index (χ0) is 8.39. The summed E-state index contributed by atoms with van der Waals surface area (Å²) in [5.41, 5.74) is 1.20. The van der Waals surface area contributed by atoms with E-state index in [1.54, 1.807) is 0 Å². The van der Waals surface area contributed by atoms with Crippen molar-refractivity contribution in [3.63, 3.8) is 0 Å². The number of halogens is 1. The lowest BCUT2D eigenvalue weighted by atomic mass is 10.2. The van der Waals surface area contributed by atoms with Gasteiger partial charge in [0, 0.05) is 29.4 Å². The highest BCUT2D eigenvalue weighted by atomic mass is 127. The Labute approximate surface area is 84.6 Å². The Morgan fingerprint density at radius 1 is 1.33 bits per heavy atom. The Balaban J connectivity index is 2.26. The van der Waals surface area contributed by atoms with E-state index in [4.69, 9.17) is 9.47 Å². The van der Waals surface area contributed by atoms with Crippen LogP contribution in [-0.2, 0) is 6.54 Å². The second-order valence-corrected chi connectivity index (χ2v) is 3.26. The first-order valence-electron chi connectivity index (χ1n) is 3.62. The van der Waals surface area contributed by atoms with Gasteiger partial charge in [-0.25, -0.2) is 0 Å². The molecule has 1 aliphatic rings. The number of nitrogens with one attached hydrogen (secondary N) is 1. The smallest absolute Gasteiger partial charge is 0.231 e. The molecule has 12 heavy (non-hydrogen) atoms. The first-order chi connectivity index (χ1) is 5.90. The molecule has 0 saturated carbocycles. The molecule has 0 saturated heterocycles. The average Bonchev–Trinajstić information content (AvgIpc) is 2.51. The van der Waals surface area contributed by atoms with Crippen molar-refractivity contribution in [3.05, 3.63) is 23.8 Å². The summed E-state index contributed by atoms with van der Waals surface area (Å²) < 4.78 is 13.5. The van der Waals surface area contributed by atoms with Gasteiger partial charge in [-0.15, -0.1) is 0 Å². The van der Waals surface area contributed by atoms with Gasteiger partial charge in [0.1, 0.15) is 0 Å². The summed E-state index contributed by atoms with van der Waals surface area (Å²) in [5.74, 6) is 1.69. The molecule has 2 rings (SSSR count). The maximum Gasteiger partial charge on any atom is 0.231 e. The van der Waals surface area contributed by atoms with Crippen molar-refractivity contribution in [1.29, 1.82) is 0 Å². The molecule has 1 N–H and O–H groups in total. The predicted octanol–water partition coefficient (Wildman–Crippen LogP) is 1.85. The quantitative estimate of drug-likeness (QED) is 0.661. The zero-order valence-electron chi connectivity index (χ0n) is 6.34. The molecule has 1 aromatic rings. The van der Waals surface area contributed by atoms with E-state index in [1.165, 1.54) is 5.56 Å². The monoisotopic (exact) mass is 277 g/mol. The lowest BCUT2D eigenvalue weighted by Gasteiger charge is -2.00. The van der Waals surface area contributed by atoms with Crippen LogP contribution in [0.4, 0.5) is 0 Å². The van der Waals surface area contributed by atoms with E-state index >= 15 is 0 Å². The minimum absolute atomic E-state index is 0.344. The summed E-state index contributed by atoms with van der Waals surface area (Å²) in [6, 6.07) is 5.96. The van der Waals surface area contributed by atoms with Gasteiger partial charge in [-0.1, -0.05) is 6.07 Å². The third-order valence-corrected chi connectivity index (χ3v) is 2.09. The molecule has 0 amide bonds. The van der Waals surface area contributed by atoms with Crippen LogP contribution in [0, 0.1) is 0 Å². The van der Waals surface area contributed by atoms with Gasteiger partial charge in [0.05, 0.1) is 0 Å². The Morgan fingerprint density at radius 2 is 2.17 bits per heavy atom. The van der Waals surface area contributed by atoms with Crippen LogP contribution in [0.15, 0.2) is 18.2 Å². The SMILES string of the molecule is INCc1ccc2c(c1)OCO2. The fraction of sp³-hybridized carbons (Fsp3) is 0.250. The predicted molar refractivity (Wildman–Crippen MR) is 53.4 cm³/mol. The number of rotatable bonds is 2. The van der Waals surface area contributed by atoms with Gasteiger partial charge in [0.25, 0.3) is 0 Å². The van der Waals surface area contributed by atoms with Gasteiger partial charge in [0.15, 0.2) is 11.5 Å². The lowest BCUT2D eigenvalue weighted by molar-refractivity contribution is 0.174. The summed E-state index contributed by atoms with van der Waals surface area (Å²) in [6.07, 6.45) is 0. The minimum Gasteiger partial charge on any atom is -0.454 e. The third-order valence-electron chi connectivity index (χ3n) is 1.71. The van der Waals surface area contributed by atoms with Gasteiger partial charge in [-0.2, -0.15) is 0 Å². The van der Waals surface area contributed by atoms with E-state index in [-0.39, 0.29) is 0 Å². The fourth-order valence-corrected chi connectivity index (χ4v) is 1.57. The Hall–Kier alpha value is -0.490. The minimum atomic E-state index is 0.344. The summed E-state index contributed by atoms with van der Waals surface area (Å²) in [4.78, 5) is 0. The van der Waals surface area contributed by atoms with Crippen LogP contribution < -0.4 is 13.0 Å². The van der Waals surface area contributed by atoms with E-state index in [0.29, 0.717) is 6.79 Å². The molecule has 1 heterocycles. The van der Waals surface area contributed by atoms with Crippen LogP contribution >= 0.6 is 22.9 Å². The van der Waals surface area contributed by atoms with E-state index in [1.807, 2.05) is 18.2 Å². The molecular formula is C8H8INO2. The topological polar surface area (TPSA) is 30.5 Å². The number of fused-ring (bicyclic) bond motifs is 1. The fourth-order valence-electron chi connectivity index (χ4n) is 1.13. The van der Waals surface area contributed by atoms with E-state index in [9.17, 15) is 0 Å². The second kappa shape index (κ2) is 3.49. The first kappa shape index (κ1) is 8.12. The standard InChI is InChI=1S/C8H8INO2/c9-10-4-6-1-2-7-8(3-6)12-5-11-7/h1-3,10H,4-5H2. The Kier molecular flexibility index (Phi) is 2.36. The van der Waals surface area contributed by atoms with Crippen LogP contribution in [0.3, 0.4) is 0 Å². The van der Waals surface area contributed by atoms with Crippen molar-refractivity contribution in [3.8, 4) is 11.5 Å². The molecule has 0 bridgehead atoms. The van der Waals surface area contributed by atoms with Crippen molar-refractivity contribution in [1.82, 2.24) is 3.53 Å². The number of hydrogen-bond acceptors (Lipinski definition) is 3. The van der Waals surface area contributed by atoms with Gasteiger partial charge in [0.2, 0.25) is 6.79 Å². The summed E-state index contributed by atoms with van der Waals surface area (Å²) in [5, 5.41) is 0. The highest BCUT2D eigenvalue weighted by Gasteiger charge is 2.12.